The first kappa shape index (κ1) is 14.8. The van der Waals surface area contributed by atoms with Crippen molar-refractivity contribution in [1.29, 1.82) is 0 Å². The lowest BCUT2D eigenvalue weighted by molar-refractivity contribution is -0.141. The highest BCUT2D eigenvalue weighted by Gasteiger charge is 2.35. The Labute approximate surface area is 114 Å². The van der Waals surface area contributed by atoms with Crippen LogP contribution in [0.4, 0.5) is 24.9 Å². The number of hydrogen-bond donors (Lipinski definition) is 2. The Morgan fingerprint density at radius 2 is 2.25 bits per heavy atom. The highest BCUT2D eigenvalue weighted by Crippen LogP contribution is 2.31. The first-order valence-corrected chi connectivity index (χ1v) is 6.11. The van der Waals surface area contributed by atoms with Crippen molar-refractivity contribution in [3.8, 4) is 0 Å². The van der Waals surface area contributed by atoms with E-state index in [9.17, 15) is 13.2 Å². The standard InChI is InChI=1S/C11H16F3N5O/c1-20-6-7-2-3-19(5-7)9-4-8(11(12,13)14)16-10(17-9)18-15/h4,7H,2-3,5-6,15H2,1H3,(H,16,17,18). The monoisotopic (exact) mass is 291 g/mol. The van der Waals surface area contributed by atoms with E-state index in [1.807, 2.05) is 0 Å². The highest BCUT2D eigenvalue weighted by molar-refractivity contribution is 5.46. The zero-order valence-electron chi connectivity index (χ0n) is 10.9. The third-order valence-electron chi connectivity index (χ3n) is 3.14. The molecular formula is C11H16F3N5O. The molecule has 2 heterocycles. The van der Waals surface area contributed by atoms with Crippen LogP contribution in [0.25, 0.3) is 0 Å². The molecule has 0 radical (unpaired) electrons. The summed E-state index contributed by atoms with van der Waals surface area (Å²) in [5, 5.41) is 0. The van der Waals surface area contributed by atoms with Crippen LogP contribution < -0.4 is 16.2 Å². The lowest BCUT2D eigenvalue weighted by atomic mass is 10.1. The molecule has 0 bridgehead atoms. The molecule has 1 unspecified atom stereocenters. The lowest BCUT2D eigenvalue weighted by Crippen LogP contribution is -2.24. The summed E-state index contributed by atoms with van der Waals surface area (Å²) in [5.74, 6) is 5.39. The molecule has 2 rings (SSSR count). The van der Waals surface area contributed by atoms with Gasteiger partial charge in [0.25, 0.3) is 0 Å². The van der Waals surface area contributed by atoms with Crippen LogP contribution in [0.3, 0.4) is 0 Å². The Morgan fingerprint density at radius 3 is 2.85 bits per heavy atom. The summed E-state index contributed by atoms with van der Waals surface area (Å²) in [7, 11) is 1.60. The fraction of sp³-hybridized carbons (Fsp3) is 0.636. The molecule has 1 aliphatic heterocycles. The van der Waals surface area contributed by atoms with Gasteiger partial charge in [-0.15, -0.1) is 0 Å². The van der Waals surface area contributed by atoms with E-state index < -0.39 is 11.9 Å². The van der Waals surface area contributed by atoms with Crippen molar-refractivity contribution in [2.45, 2.75) is 12.6 Å². The van der Waals surface area contributed by atoms with Gasteiger partial charge < -0.3 is 9.64 Å². The summed E-state index contributed by atoms with van der Waals surface area (Å²) in [6.07, 6.45) is -3.68. The number of nitrogens with one attached hydrogen (secondary N) is 1. The maximum Gasteiger partial charge on any atom is 0.433 e. The fourth-order valence-corrected chi connectivity index (χ4v) is 2.22. The molecule has 1 aromatic heterocycles. The predicted octanol–water partition coefficient (Wildman–Crippen LogP) is 1.25. The van der Waals surface area contributed by atoms with Crippen LogP contribution in [0, 0.1) is 5.92 Å². The molecule has 1 saturated heterocycles. The zero-order chi connectivity index (χ0) is 14.8. The number of anilines is 2. The molecule has 6 nitrogen and oxygen atoms in total. The number of rotatable bonds is 4. The number of halogens is 3. The van der Waals surface area contributed by atoms with Crippen molar-refractivity contribution in [2.24, 2.45) is 11.8 Å². The normalized spacial score (nSPS) is 19.4. The largest absolute Gasteiger partial charge is 0.433 e. The third-order valence-corrected chi connectivity index (χ3v) is 3.14. The molecule has 112 valence electrons. The number of methoxy groups -OCH3 is 1. The van der Waals surface area contributed by atoms with Crippen molar-refractivity contribution in [2.75, 3.05) is 37.1 Å². The first-order chi connectivity index (χ1) is 9.44. The molecule has 1 atom stereocenters. The number of hydrazine groups is 1. The maximum atomic E-state index is 12.8. The number of nitrogens with two attached hydrogens (primary N) is 1. The summed E-state index contributed by atoms with van der Waals surface area (Å²) in [5.41, 5.74) is 1.06. The van der Waals surface area contributed by atoms with Crippen molar-refractivity contribution >= 4 is 11.8 Å². The van der Waals surface area contributed by atoms with Crippen LogP contribution in [0.5, 0.6) is 0 Å². The van der Waals surface area contributed by atoms with Gasteiger partial charge in [0.05, 0.1) is 6.61 Å². The predicted molar refractivity (Wildman–Crippen MR) is 67.0 cm³/mol. The summed E-state index contributed by atoms with van der Waals surface area (Å²) < 4.78 is 43.4. The van der Waals surface area contributed by atoms with Crippen molar-refractivity contribution in [3.63, 3.8) is 0 Å². The molecule has 1 aromatic rings. The van der Waals surface area contributed by atoms with E-state index in [0.717, 1.165) is 12.5 Å². The molecule has 0 spiro atoms. The van der Waals surface area contributed by atoms with E-state index in [1.165, 1.54) is 0 Å². The van der Waals surface area contributed by atoms with Crippen molar-refractivity contribution < 1.29 is 17.9 Å². The molecule has 20 heavy (non-hydrogen) atoms. The first-order valence-electron chi connectivity index (χ1n) is 6.11. The van der Waals surface area contributed by atoms with E-state index in [0.29, 0.717) is 25.6 Å². The summed E-state index contributed by atoms with van der Waals surface area (Å²) in [6, 6.07) is 0.940. The average Bonchev–Trinajstić information content (AvgIpc) is 2.86. The van der Waals surface area contributed by atoms with Gasteiger partial charge in [-0.25, -0.2) is 10.8 Å². The topological polar surface area (TPSA) is 76.3 Å². The molecule has 9 heteroatoms. The van der Waals surface area contributed by atoms with Crippen LogP contribution in [0.2, 0.25) is 0 Å². The number of aromatic nitrogens is 2. The Bertz CT molecular complexity index is 468. The van der Waals surface area contributed by atoms with Gasteiger partial charge in [0.2, 0.25) is 5.95 Å². The minimum Gasteiger partial charge on any atom is -0.384 e. The van der Waals surface area contributed by atoms with Crippen LogP contribution in [-0.4, -0.2) is 36.8 Å². The Hall–Kier alpha value is -1.61. The van der Waals surface area contributed by atoms with Gasteiger partial charge in [-0.1, -0.05) is 0 Å². The van der Waals surface area contributed by atoms with E-state index >= 15 is 0 Å². The van der Waals surface area contributed by atoms with Crippen molar-refractivity contribution in [1.82, 2.24) is 9.97 Å². The van der Waals surface area contributed by atoms with Crippen LogP contribution in [0.1, 0.15) is 12.1 Å². The van der Waals surface area contributed by atoms with Crippen molar-refractivity contribution in [3.05, 3.63) is 11.8 Å². The third kappa shape index (κ3) is 3.28. The average molecular weight is 291 g/mol. The number of alkyl halides is 3. The molecule has 0 amide bonds. The van der Waals surface area contributed by atoms with Gasteiger partial charge in [-0.05, 0) is 6.42 Å². The highest BCUT2D eigenvalue weighted by atomic mass is 19.4. The summed E-state index contributed by atoms with van der Waals surface area (Å²) >= 11 is 0. The molecule has 1 aliphatic rings. The molecule has 0 aromatic carbocycles. The van der Waals surface area contributed by atoms with Crippen LogP contribution in [-0.2, 0) is 10.9 Å². The van der Waals surface area contributed by atoms with Gasteiger partial charge in [0.15, 0.2) is 5.69 Å². The Balaban J connectivity index is 2.23. The van der Waals surface area contributed by atoms with E-state index in [-0.39, 0.29) is 11.8 Å². The minimum absolute atomic E-state index is 0.221. The van der Waals surface area contributed by atoms with Gasteiger partial charge in [0.1, 0.15) is 5.82 Å². The second kappa shape index (κ2) is 5.80. The minimum atomic E-state index is -4.53. The van der Waals surface area contributed by atoms with Gasteiger partial charge in [-0.2, -0.15) is 18.2 Å². The van der Waals surface area contributed by atoms with Gasteiger partial charge in [0, 0.05) is 32.2 Å². The number of hydrogen-bond acceptors (Lipinski definition) is 6. The number of nitrogens with zero attached hydrogens (tertiary/aromatic N) is 3. The molecule has 0 saturated carbocycles. The summed E-state index contributed by atoms with van der Waals surface area (Å²) in [6.45, 7) is 1.81. The molecule has 1 fully saturated rings. The fourth-order valence-electron chi connectivity index (χ4n) is 2.22. The van der Waals surface area contributed by atoms with Gasteiger partial charge in [-0.3, -0.25) is 5.43 Å². The Morgan fingerprint density at radius 1 is 1.50 bits per heavy atom. The molecular weight excluding hydrogens is 275 g/mol. The molecule has 3 N–H and O–H groups in total. The quantitative estimate of drug-likeness (QED) is 0.642. The smallest absolute Gasteiger partial charge is 0.384 e. The zero-order valence-corrected chi connectivity index (χ0v) is 10.9. The summed E-state index contributed by atoms with van der Waals surface area (Å²) in [4.78, 5) is 9.09. The van der Waals surface area contributed by atoms with Crippen LogP contribution in [0.15, 0.2) is 6.07 Å². The van der Waals surface area contributed by atoms with E-state index in [1.54, 1.807) is 12.0 Å². The van der Waals surface area contributed by atoms with Gasteiger partial charge >= 0.3 is 6.18 Å². The Kier molecular flexibility index (Phi) is 4.29. The second-order valence-electron chi connectivity index (χ2n) is 4.63. The van der Waals surface area contributed by atoms with Crippen LogP contribution >= 0.6 is 0 Å². The maximum absolute atomic E-state index is 12.8. The molecule has 0 aliphatic carbocycles. The number of ether oxygens (including phenoxy) is 1. The van der Waals surface area contributed by atoms with E-state index in [2.05, 4.69) is 15.4 Å². The SMILES string of the molecule is COCC1CCN(c2cc(C(F)(F)F)nc(NN)n2)C1. The second-order valence-corrected chi connectivity index (χ2v) is 4.63. The lowest BCUT2D eigenvalue weighted by Gasteiger charge is -2.19. The number of nitrogen functional groups attached to an aromatic ring is 1. The van der Waals surface area contributed by atoms with E-state index in [4.69, 9.17) is 10.6 Å².